The van der Waals surface area contributed by atoms with E-state index >= 15 is 0 Å². The van der Waals surface area contributed by atoms with Gasteiger partial charge in [-0.15, -0.1) is 0 Å². The van der Waals surface area contributed by atoms with E-state index in [4.69, 9.17) is 4.74 Å². The fourth-order valence-corrected chi connectivity index (χ4v) is 2.48. The van der Waals surface area contributed by atoms with E-state index in [1.165, 1.54) is 5.56 Å². The normalized spacial score (nSPS) is 10.3. The summed E-state index contributed by atoms with van der Waals surface area (Å²) in [6.45, 7) is 1.46. The van der Waals surface area contributed by atoms with Crippen LogP contribution in [0.3, 0.4) is 0 Å². The van der Waals surface area contributed by atoms with Crippen molar-refractivity contribution in [3.05, 3.63) is 58.6 Å². The number of hydrogen-bond acceptors (Lipinski definition) is 3. The highest BCUT2D eigenvalue weighted by molar-refractivity contribution is 9.10. The van der Waals surface area contributed by atoms with Crippen LogP contribution in [0.2, 0.25) is 0 Å². The first-order valence-electron chi connectivity index (χ1n) is 7.57. The van der Waals surface area contributed by atoms with Gasteiger partial charge in [-0.1, -0.05) is 34.1 Å². The van der Waals surface area contributed by atoms with Crippen LogP contribution in [0.1, 0.15) is 12.0 Å². The minimum atomic E-state index is 0.0112. The molecule has 122 valence electrons. The molecule has 0 fully saturated rings. The molecule has 2 rings (SSSR count). The molecular weight excluding hydrogens is 356 g/mol. The molecule has 5 heteroatoms. The van der Waals surface area contributed by atoms with Crippen LogP contribution >= 0.6 is 15.9 Å². The molecule has 0 atom stereocenters. The Hall–Kier alpha value is -1.85. The number of halogens is 1. The van der Waals surface area contributed by atoms with Gasteiger partial charge in [0.2, 0.25) is 5.91 Å². The molecule has 0 spiro atoms. The Morgan fingerprint density at radius 2 is 1.83 bits per heavy atom. The molecule has 0 heterocycles. The Balaban J connectivity index is 1.65. The molecule has 0 aromatic heterocycles. The molecule has 1 amide bonds. The second-order valence-corrected chi connectivity index (χ2v) is 6.03. The molecule has 23 heavy (non-hydrogen) atoms. The maximum absolute atomic E-state index is 11.8. The van der Waals surface area contributed by atoms with Crippen LogP contribution in [0, 0.1) is 0 Å². The molecule has 0 radical (unpaired) electrons. The van der Waals surface area contributed by atoms with Crippen molar-refractivity contribution in [2.75, 3.05) is 25.5 Å². The first-order chi connectivity index (χ1) is 11.2. The van der Waals surface area contributed by atoms with Gasteiger partial charge in [0.05, 0.1) is 7.11 Å². The third-order valence-corrected chi connectivity index (χ3v) is 3.95. The van der Waals surface area contributed by atoms with Gasteiger partial charge in [-0.2, -0.15) is 0 Å². The lowest BCUT2D eigenvalue weighted by atomic mass is 10.1. The Kier molecular flexibility index (Phi) is 7.10. The highest BCUT2D eigenvalue weighted by atomic mass is 79.9. The lowest BCUT2D eigenvalue weighted by Crippen LogP contribution is -2.23. The summed E-state index contributed by atoms with van der Waals surface area (Å²) in [5.41, 5.74) is 1.98. The number of carbonyl (C=O) groups excluding carboxylic acids is 1. The zero-order valence-corrected chi connectivity index (χ0v) is 14.7. The summed E-state index contributed by atoms with van der Waals surface area (Å²) in [7, 11) is 1.68. The zero-order chi connectivity index (χ0) is 16.5. The Morgan fingerprint density at radius 3 is 2.57 bits per heavy atom. The van der Waals surface area contributed by atoms with E-state index in [0.717, 1.165) is 28.9 Å². The summed E-state index contributed by atoms with van der Waals surface area (Å²) in [6, 6.07) is 15.5. The molecule has 0 unspecified atom stereocenters. The molecule has 2 aromatic rings. The van der Waals surface area contributed by atoms with Gasteiger partial charge in [-0.3, -0.25) is 4.79 Å². The SMILES string of the molecule is COc1ccccc1CCNCCC(=O)Nc1ccc(Br)cc1. The first kappa shape index (κ1) is 17.5. The topological polar surface area (TPSA) is 50.4 Å². The Bertz CT molecular complexity index is 629. The van der Waals surface area contributed by atoms with Gasteiger partial charge in [0, 0.05) is 23.1 Å². The fraction of sp³-hybridized carbons (Fsp3) is 0.278. The van der Waals surface area contributed by atoms with Crippen molar-refractivity contribution in [3.8, 4) is 5.75 Å². The van der Waals surface area contributed by atoms with E-state index in [2.05, 4.69) is 32.6 Å². The van der Waals surface area contributed by atoms with Crippen molar-refractivity contribution in [1.82, 2.24) is 5.32 Å². The van der Waals surface area contributed by atoms with Gasteiger partial charge in [0.1, 0.15) is 5.75 Å². The van der Waals surface area contributed by atoms with E-state index in [-0.39, 0.29) is 5.91 Å². The van der Waals surface area contributed by atoms with Crippen LogP contribution in [0.4, 0.5) is 5.69 Å². The van der Waals surface area contributed by atoms with Crippen molar-refractivity contribution >= 4 is 27.5 Å². The van der Waals surface area contributed by atoms with Crippen LogP contribution in [0.15, 0.2) is 53.0 Å². The Labute approximate surface area is 145 Å². The second-order valence-electron chi connectivity index (χ2n) is 5.12. The smallest absolute Gasteiger partial charge is 0.225 e. The third kappa shape index (κ3) is 6.04. The average molecular weight is 377 g/mol. The minimum absolute atomic E-state index is 0.0112. The standard InChI is InChI=1S/C18H21BrN2O2/c1-23-17-5-3-2-4-14(17)10-12-20-13-11-18(22)21-16-8-6-15(19)7-9-16/h2-9,20H,10-13H2,1H3,(H,21,22). The quantitative estimate of drug-likeness (QED) is 0.691. The van der Waals surface area contributed by atoms with Crippen molar-refractivity contribution in [1.29, 1.82) is 0 Å². The molecule has 0 aliphatic rings. The van der Waals surface area contributed by atoms with Crippen LogP contribution < -0.4 is 15.4 Å². The number of methoxy groups -OCH3 is 1. The number of hydrogen-bond donors (Lipinski definition) is 2. The summed E-state index contributed by atoms with van der Waals surface area (Å²) < 4.78 is 6.31. The first-order valence-corrected chi connectivity index (χ1v) is 8.36. The van der Waals surface area contributed by atoms with E-state index in [9.17, 15) is 4.79 Å². The predicted molar refractivity (Wildman–Crippen MR) is 97.0 cm³/mol. The second kappa shape index (κ2) is 9.33. The molecule has 2 aromatic carbocycles. The van der Waals surface area contributed by atoms with Gasteiger partial charge >= 0.3 is 0 Å². The number of benzene rings is 2. The number of amides is 1. The third-order valence-electron chi connectivity index (χ3n) is 3.42. The Morgan fingerprint density at radius 1 is 1.09 bits per heavy atom. The van der Waals surface area contributed by atoms with Crippen LogP contribution in [0.25, 0.3) is 0 Å². The van der Waals surface area contributed by atoms with Crippen molar-refractivity contribution in [2.24, 2.45) is 0 Å². The average Bonchev–Trinajstić information content (AvgIpc) is 2.57. The highest BCUT2D eigenvalue weighted by Crippen LogP contribution is 2.17. The van der Waals surface area contributed by atoms with E-state index in [1.54, 1.807) is 7.11 Å². The predicted octanol–water partition coefficient (Wildman–Crippen LogP) is 3.62. The maximum Gasteiger partial charge on any atom is 0.225 e. The lowest BCUT2D eigenvalue weighted by molar-refractivity contribution is -0.116. The van der Waals surface area contributed by atoms with Crippen LogP contribution in [-0.2, 0) is 11.2 Å². The number of anilines is 1. The molecule has 0 saturated carbocycles. The lowest BCUT2D eigenvalue weighted by Gasteiger charge is -2.09. The maximum atomic E-state index is 11.8. The summed E-state index contributed by atoms with van der Waals surface area (Å²) in [5.74, 6) is 0.916. The minimum Gasteiger partial charge on any atom is -0.496 e. The summed E-state index contributed by atoms with van der Waals surface area (Å²) in [6.07, 6.45) is 1.32. The van der Waals surface area contributed by atoms with Crippen molar-refractivity contribution in [2.45, 2.75) is 12.8 Å². The molecule has 4 nitrogen and oxygen atoms in total. The van der Waals surface area contributed by atoms with Crippen molar-refractivity contribution < 1.29 is 9.53 Å². The fourth-order valence-electron chi connectivity index (χ4n) is 2.22. The zero-order valence-electron chi connectivity index (χ0n) is 13.1. The van der Waals surface area contributed by atoms with E-state index < -0.39 is 0 Å². The molecule has 0 bridgehead atoms. The van der Waals surface area contributed by atoms with Crippen LogP contribution in [0.5, 0.6) is 5.75 Å². The van der Waals surface area contributed by atoms with Gasteiger partial charge in [-0.05, 0) is 48.9 Å². The molecule has 0 aliphatic heterocycles. The van der Waals surface area contributed by atoms with Gasteiger partial charge in [-0.25, -0.2) is 0 Å². The van der Waals surface area contributed by atoms with Gasteiger partial charge in [0.25, 0.3) is 0 Å². The number of rotatable bonds is 8. The molecular formula is C18H21BrN2O2. The molecule has 2 N–H and O–H groups in total. The number of carbonyl (C=O) groups is 1. The summed E-state index contributed by atoms with van der Waals surface area (Å²) >= 11 is 3.37. The monoisotopic (exact) mass is 376 g/mol. The number of ether oxygens (including phenoxy) is 1. The molecule has 0 aliphatic carbocycles. The number of nitrogens with one attached hydrogen (secondary N) is 2. The van der Waals surface area contributed by atoms with Gasteiger partial charge < -0.3 is 15.4 Å². The summed E-state index contributed by atoms with van der Waals surface area (Å²) in [5, 5.41) is 6.16. The molecule has 0 saturated heterocycles. The summed E-state index contributed by atoms with van der Waals surface area (Å²) in [4.78, 5) is 11.8. The number of para-hydroxylation sites is 1. The van der Waals surface area contributed by atoms with Crippen molar-refractivity contribution in [3.63, 3.8) is 0 Å². The largest absolute Gasteiger partial charge is 0.496 e. The van der Waals surface area contributed by atoms with Crippen LogP contribution in [-0.4, -0.2) is 26.1 Å². The van der Waals surface area contributed by atoms with E-state index in [0.29, 0.717) is 13.0 Å². The van der Waals surface area contributed by atoms with Gasteiger partial charge in [0.15, 0.2) is 0 Å². The van der Waals surface area contributed by atoms with E-state index in [1.807, 2.05) is 42.5 Å². The highest BCUT2D eigenvalue weighted by Gasteiger charge is 2.03.